The van der Waals surface area contributed by atoms with Gasteiger partial charge >= 0.3 is 11.9 Å². The quantitative estimate of drug-likeness (QED) is 0.252. The molecule has 0 amide bonds. The molecule has 0 fully saturated rings. The summed E-state index contributed by atoms with van der Waals surface area (Å²) in [4.78, 5) is 12.5. The van der Waals surface area contributed by atoms with E-state index in [-0.39, 0.29) is 13.2 Å². The van der Waals surface area contributed by atoms with Gasteiger partial charge in [0, 0.05) is 24.9 Å². The number of rotatable bonds is 14. The van der Waals surface area contributed by atoms with Gasteiger partial charge < -0.3 is 23.7 Å². The maximum Gasteiger partial charge on any atom is 0.392 e. The highest BCUT2D eigenvalue weighted by molar-refractivity contribution is 5.82. The Hall–Kier alpha value is -1.73. The maximum absolute atomic E-state index is 12.5. The van der Waals surface area contributed by atoms with Crippen LogP contribution in [0.25, 0.3) is 0 Å². The lowest BCUT2D eigenvalue weighted by Crippen LogP contribution is -2.61. The van der Waals surface area contributed by atoms with Crippen molar-refractivity contribution in [2.45, 2.75) is 66.1 Å². The second kappa shape index (κ2) is 12.8. The number of aryl methyl sites for hydroxylation is 1. The van der Waals surface area contributed by atoms with Crippen molar-refractivity contribution in [1.29, 1.82) is 0 Å². The maximum atomic E-state index is 12.5. The summed E-state index contributed by atoms with van der Waals surface area (Å²) in [7, 11) is 0. The molecule has 0 bridgehead atoms. The monoisotopic (exact) mass is 408 g/mol. The molecule has 0 spiro atoms. The van der Waals surface area contributed by atoms with Crippen LogP contribution < -0.4 is 0 Å². The summed E-state index contributed by atoms with van der Waals surface area (Å²) in [6.07, 6.45) is 4.91. The third kappa shape index (κ3) is 6.12. The number of hydrogen-bond donors (Lipinski definition) is 0. The van der Waals surface area contributed by atoms with E-state index in [1.807, 2.05) is 38.1 Å². The molecule has 0 aliphatic carbocycles. The number of benzene rings is 1. The molecule has 0 aliphatic rings. The molecule has 6 nitrogen and oxygen atoms in total. The lowest BCUT2D eigenvalue weighted by atomic mass is 9.99. The molecule has 164 valence electrons. The van der Waals surface area contributed by atoms with Gasteiger partial charge in [-0.1, -0.05) is 43.7 Å². The Morgan fingerprint density at radius 1 is 0.862 bits per heavy atom. The van der Waals surface area contributed by atoms with Crippen molar-refractivity contribution in [1.82, 2.24) is 0 Å². The van der Waals surface area contributed by atoms with Crippen molar-refractivity contribution in [3.05, 3.63) is 47.5 Å². The Labute approximate surface area is 175 Å². The van der Waals surface area contributed by atoms with E-state index in [9.17, 15) is 4.79 Å². The molecule has 0 saturated carbocycles. The van der Waals surface area contributed by atoms with Crippen LogP contribution in [0, 0.1) is 0 Å². The second-order valence-electron chi connectivity index (χ2n) is 6.27. The van der Waals surface area contributed by atoms with Gasteiger partial charge in [0.1, 0.15) is 0 Å². The first kappa shape index (κ1) is 25.3. The van der Waals surface area contributed by atoms with Crippen LogP contribution in [0.5, 0.6) is 0 Å². The normalized spacial score (nSPS) is 12.5. The molecule has 1 aromatic carbocycles. The molecule has 0 saturated heterocycles. The molecular formula is C23H36O6. The summed E-state index contributed by atoms with van der Waals surface area (Å²) < 4.78 is 29.9. The van der Waals surface area contributed by atoms with Crippen molar-refractivity contribution in [2.24, 2.45) is 0 Å². The van der Waals surface area contributed by atoms with E-state index in [4.69, 9.17) is 23.7 Å². The zero-order valence-corrected chi connectivity index (χ0v) is 18.7. The summed E-state index contributed by atoms with van der Waals surface area (Å²) >= 11 is 0. The van der Waals surface area contributed by atoms with Crippen molar-refractivity contribution >= 4 is 5.97 Å². The Balaban J connectivity index is 3.66. The first-order valence-corrected chi connectivity index (χ1v) is 10.5. The lowest BCUT2D eigenvalue weighted by molar-refractivity contribution is -0.490. The Morgan fingerprint density at radius 2 is 1.38 bits per heavy atom. The molecule has 29 heavy (non-hydrogen) atoms. The molecule has 0 N–H and O–H groups in total. The van der Waals surface area contributed by atoms with Crippen LogP contribution in [0.1, 0.15) is 59.1 Å². The van der Waals surface area contributed by atoms with Gasteiger partial charge in [-0.15, -0.1) is 0 Å². The Bertz CT molecular complexity index is 611. The van der Waals surface area contributed by atoms with Gasteiger partial charge in [0.15, 0.2) is 0 Å². The van der Waals surface area contributed by atoms with Gasteiger partial charge in [0.05, 0.1) is 13.2 Å². The van der Waals surface area contributed by atoms with Gasteiger partial charge in [0.25, 0.3) is 5.79 Å². The molecule has 0 atom stereocenters. The third-order valence-corrected chi connectivity index (χ3v) is 4.18. The fourth-order valence-corrected chi connectivity index (χ4v) is 3.19. The smallest absolute Gasteiger partial charge is 0.392 e. The van der Waals surface area contributed by atoms with E-state index < -0.39 is 17.7 Å². The number of allylic oxidation sites excluding steroid dienone is 1. The van der Waals surface area contributed by atoms with E-state index in [1.165, 1.54) is 11.6 Å². The van der Waals surface area contributed by atoms with E-state index in [1.54, 1.807) is 26.8 Å². The second-order valence-corrected chi connectivity index (χ2v) is 6.27. The molecule has 0 aliphatic heterocycles. The van der Waals surface area contributed by atoms with Crippen LogP contribution in [0.2, 0.25) is 0 Å². The molecular weight excluding hydrogens is 372 g/mol. The molecule has 0 radical (unpaired) electrons. The van der Waals surface area contributed by atoms with Crippen molar-refractivity contribution in [3.8, 4) is 0 Å². The molecule has 1 aromatic rings. The zero-order chi connectivity index (χ0) is 21.8. The van der Waals surface area contributed by atoms with Crippen LogP contribution in [0.15, 0.2) is 36.4 Å². The number of ether oxygens (including phenoxy) is 5. The third-order valence-electron chi connectivity index (χ3n) is 4.18. The van der Waals surface area contributed by atoms with Gasteiger partial charge in [-0.2, -0.15) is 0 Å². The van der Waals surface area contributed by atoms with Gasteiger partial charge in [-0.05, 0) is 46.6 Å². The fraction of sp³-hybridized carbons (Fsp3) is 0.609. The Morgan fingerprint density at radius 3 is 1.79 bits per heavy atom. The average molecular weight is 409 g/mol. The van der Waals surface area contributed by atoms with Crippen LogP contribution in [-0.4, -0.2) is 38.4 Å². The minimum Gasteiger partial charge on any atom is -0.400 e. The number of carbonyl (C=O) groups is 1. The highest BCUT2D eigenvalue weighted by atomic mass is 16.9. The zero-order valence-electron chi connectivity index (χ0n) is 18.7. The van der Waals surface area contributed by atoms with Crippen LogP contribution in [0.4, 0.5) is 0 Å². The average Bonchev–Trinajstić information content (AvgIpc) is 2.69. The first-order valence-electron chi connectivity index (χ1n) is 10.5. The summed E-state index contributed by atoms with van der Waals surface area (Å²) in [6, 6.07) is 7.85. The minimum absolute atomic E-state index is 0.221. The van der Waals surface area contributed by atoms with Crippen molar-refractivity contribution in [2.75, 3.05) is 26.4 Å². The number of carbonyl (C=O) groups excluding carboxylic acids is 1. The molecule has 0 aromatic heterocycles. The highest BCUT2D eigenvalue weighted by Gasteiger charge is 2.62. The molecule has 6 heteroatoms. The molecule has 1 rings (SSSR count). The van der Waals surface area contributed by atoms with E-state index in [2.05, 4.69) is 6.92 Å². The van der Waals surface area contributed by atoms with Gasteiger partial charge in [0.2, 0.25) is 0 Å². The van der Waals surface area contributed by atoms with Crippen molar-refractivity contribution < 1.29 is 28.5 Å². The van der Waals surface area contributed by atoms with E-state index in [0.717, 1.165) is 12.8 Å². The first-order chi connectivity index (χ1) is 14.0. The predicted molar refractivity (Wildman–Crippen MR) is 112 cm³/mol. The number of esters is 1. The van der Waals surface area contributed by atoms with Crippen molar-refractivity contribution in [3.63, 3.8) is 0 Å². The minimum atomic E-state index is -1.91. The van der Waals surface area contributed by atoms with Crippen LogP contribution >= 0.6 is 0 Å². The van der Waals surface area contributed by atoms with Crippen LogP contribution in [-0.2, 0) is 40.7 Å². The SMILES string of the molecule is CC=CC(=O)OC(OCC)(OCC)C(OCC)(OCC)c1ccc(CCC)cc1. The predicted octanol–water partition coefficient (Wildman–Crippen LogP) is 4.71. The van der Waals surface area contributed by atoms with E-state index in [0.29, 0.717) is 18.8 Å². The van der Waals surface area contributed by atoms with E-state index >= 15 is 0 Å². The summed E-state index contributed by atoms with van der Waals surface area (Å²) in [6.45, 7) is 12.2. The summed E-state index contributed by atoms with van der Waals surface area (Å²) in [5, 5.41) is 0. The number of hydrogen-bond acceptors (Lipinski definition) is 6. The topological polar surface area (TPSA) is 63.2 Å². The standard InChI is InChI=1S/C23H36O6/c1-7-13-19-15-17-20(18-16-19)22(25-9-3,26-10-4)23(27-11-5,28-12-6)29-21(24)14-8-2/h8,14-18H,7,9-13H2,1-6H3. The Kier molecular flexibility index (Phi) is 11.1. The summed E-state index contributed by atoms with van der Waals surface area (Å²) in [5.74, 6) is -4.11. The molecule has 0 unspecified atom stereocenters. The van der Waals surface area contributed by atoms with Gasteiger partial charge in [-0.3, -0.25) is 0 Å². The van der Waals surface area contributed by atoms with Crippen LogP contribution in [0.3, 0.4) is 0 Å². The summed E-state index contributed by atoms with van der Waals surface area (Å²) in [5.41, 5.74) is 1.85. The largest absolute Gasteiger partial charge is 0.400 e. The fourth-order valence-electron chi connectivity index (χ4n) is 3.19. The lowest BCUT2D eigenvalue weighted by Gasteiger charge is -2.46. The van der Waals surface area contributed by atoms with Gasteiger partial charge in [-0.25, -0.2) is 4.79 Å². The molecule has 0 heterocycles. The highest BCUT2D eigenvalue weighted by Crippen LogP contribution is 2.43.